The fourth-order valence-electron chi connectivity index (χ4n) is 3.75. The van der Waals surface area contributed by atoms with Crippen molar-refractivity contribution in [2.75, 3.05) is 19.6 Å². The van der Waals surface area contributed by atoms with Gasteiger partial charge in [0.2, 0.25) is 10.0 Å². The van der Waals surface area contributed by atoms with Crippen LogP contribution in [0.5, 0.6) is 0 Å². The number of nitrogens with zero attached hydrogens (tertiary/aromatic N) is 2. The molecule has 0 unspecified atom stereocenters. The molecule has 2 atom stereocenters. The number of carboxylic acid groups (broad SMARTS) is 1. The number of fused-ring (bicyclic) bond motifs is 1. The number of rotatable bonds is 5. The Morgan fingerprint density at radius 2 is 1.76 bits per heavy atom. The van der Waals surface area contributed by atoms with E-state index in [-0.39, 0.29) is 11.8 Å². The molecule has 0 aliphatic carbocycles. The number of carboxylic acids is 1. The van der Waals surface area contributed by atoms with E-state index in [9.17, 15) is 21.6 Å². The maximum atomic E-state index is 12.8. The lowest BCUT2D eigenvalue weighted by Crippen LogP contribution is -2.40. The first-order chi connectivity index (χ1) is 13.5. The summed E-state index contributed by atoms with van der Waals surface area (Å²) in [7, 11) is -3.24. The van der Waals surface area contributed by atoms with Gasteiger partial charge in [-0.3, -0.25) is 4.90 Å². The van der Waals surface area contributed by atoms with E-state index in [0.29, 0.717) is 12.6 Å². The molecule has 3 rings (SSSR count). The van der Waals surface area contributed by atoms with Crippen molar-refractivity contribution >= 4 is 16.0 Å². The zero-order chi connectivity index (χ0) is 21.8. The summed E-state index contributed by atoms with van der Waals surface area (Å²) in [5.41, 5.74) is 2.02. The highest BCUT2D eigenvalue weighted by molar-refractivity contribution is 7.88. The third kappa shape index (κ3) is 6.03. The Labute approximate surface area is 168 Å². The standard InChI is InChI=1S/C17H24N2O2S.C2HF3O2/c1-3-10-18-11-8-17-16(18)9-12-19(17)22(20,21)13-15-6-4-14(2)5-7-15;3-2(4,5)1(6)7/h3-7,16-17H,1,8-13H2,2H3;(H,6,7)/t16-,17+;/m0./s1. The normalized spacial score (nSPS) is 22.6. The van der Waals surface area contributed by atoms with Gasteiger partial charge in [-0.05, 0) is 25.3 Å². The zero-order valence-electron chi connectivity index (χ0n) is 16.1. The minimum Gasteiger partial charge on any atom is -0.475 e. The Morgan fingerprint density at radius 3 is 2.28 bits per heavy atom. The first-order valence-electron chi connectivity index (χ1n) is 9.16. The molecule has 6 nitrogen and oxygen atoms in total. The van der Waals surface area contributed by atoms with E-state index < -0.39 is 22.2 Å². The van der Waals surface area contributed by atoms with Crippen LogP contribution in [0.1, 0.15) is 24.0 Å². The number of hydrogen-bond donors (Lipinski definition) is 1. The molecule has 2 fully saturated rings. The van der Waals surface area contributed by atoms with Crippen LogP contribution in [0.25, 0.3) is 0 Å². The lowest BCUT2D eigenvalue weighted by Gasteiger charge is -2.24. The highest BCUT2D eigenvalue weighted by Gasteiger charge is 2.46. The number of halogens is 3. The van der Waals surface area contributed by atoms with Crippen molar-refractivity contribution < 1.29 is 31.5 Å². The minimum absolute atomic E-state index is 0.109. The van der Waals surface area contributed by atoms with Crippen LogP contribution in [0.15, 0.2) is 36.9 Å². The lowest BCUT2D eigenvalue weighted by molar-refractivity contribution is -0.192. The monoisotopic (exact) mass is 434 g/mol. The number of sulfonamides is 1. The number of benzene rings is 1. The fourth-order valence-corrected chi connectivity index (χ4v) is 5.57. The molecule has 0 bridgehead atoms. The van der Waals surface area contributed by atoms with Crippen LogP contribution in [-0.4, -0.2) is 66.6 Å². The lowest BCUT2D eigenvalue weighted by atomic mass is 10.1. The second-order valence-corrected chi connectivity index (χ2v) is 9.07. The smallest absolute Gasteiger partial charge is 0.475 e. The summed E-state index contributed by atoms with van der Waals surface area (Å²) in [6.45, 7) is 8.28. The maximum Gasteiger partial charge on any atom is 0.490 e. The molecule has 1 N–H and O–H groups in total. The summed E-state index contributed by atoms with van der Waals surface area (Å²) in [6.07, 6.45) is -1.30. The second-order valence-electron chi connectivity index (χ2n) is 7.15. The number of alkyl halides is 3. The highest BCUT2D eigenvalue weighted by Crippen LogP contribution is 2.34. The van der Waals surface area contributed by atoms with Gasteiger partial charge in [-0.2, -0.15) is 17.5 Å². The molecular formula is C19H25F3N2O4S. The third-order valence-electron chi connectivity index (χ3n) is 5.07. The zero-order valence-corrected chi connectivity index (χ0v) is 16.9. The Kier molecular flexibility index (Phi) is 7.47. The molecule has 1 aromatic rings. The van der Waals surface area contributed by atoms with Gasteiger partial charge >= 0.3 is 12.1 Å². The highest BCUT2D eigenvalue weighted by atomic mass is 32.2. The average molecular weight is 434 g/mol. The number of carbonyl (C=O) groups is 1. The van der Waals surface area contributed by atoms with Crippen LogP contribution in [0.4, 0.5) is 13.2 Å². The van der Waals surface area contributed by atoms with Crippen LogP contribution >= 0.6 is 0 Å². The van der Waals surface area contributed by atoms with Crippen molar-refractivity contribution in [1.82, 2.24) is 9.21 Å². The minimum atomic E-state index is -5.08. The van der Waals surface area contributed by atoms with Crippen LogP contribution in [0, 0.1) is 6.92 Å². The van der Waals surface area contributed by atoms with Crippen LogP contribution in [-0.2, 0) is 20.6 Å². The van der Waals surface area contributed by atoms with E-state index in [2.05, 4.69) is 11.5 Å². The molecule has 0 aromatic heterocycles. The molecule has 0 spiro atoms. The van der Waals surface area contributed by atoms with Crippen molar-refractivity contribution in [3.63, 3.8) is 0 Å². The van der Waals surface area contributed by atoms with Crippen molar-refractivity contribution in [3.05, 3.63) is 48.0 Å². The predicted octanol–water partition coefficient (Wildman–Crippen LogP) is 2.79. The van der Waals surface area contributed by atoms with Gasteiger partial charge in [0.1, 0.15) is 0 Å². The summed E-state index contributed by atoms with van der Waals surface area (Å²) in [6, 6.07) is 8.29. The Hall–Kier alpha value is -1.91. The summed E-state index contributed by atoms with van der Waals surface area (Å²) in [5.74, 6) is -2.65. The van der Waals surface area contributed by atoms with Gasteiger partial charge in [0.25, 0.3) is 0 Å². The van der Waals surface area contributed by atoms with E-state index >= 15 is 0 Å². The molecule has 0 saturated carbocycles. The SMILES string of the molecule is C=CCN1CC[C@@H]2[C@@H]1CCN2S(=O)(=O)Cc1ccc(C)cc1.O=C(O)C(F)(F)F. The molecule has 1 aromatic carbocycles. The third-order valence-corrected chi connectivity index (χ3v) is 6.94. The van der Waals surface area contributed by atoms with Gasteiger partial charge in [0, 0.05) is 31.7 Å². The maximum absolute atomic E-state index is 12.8. The molecular weight excluding hydrogens is 409 g/mol. The molecule has 0 amide bonds. The quantitative estimate of drug-likeness (QED) is 0.721. The predicted molar refractivity (Wildman–Crippen MR) is 103 cm³/mol. The summed E-state index contributed by atoms with van der Waals surface area (Å²) < 4.78 is 59.0. The number of likely N-dealkylation sites (tertiary alicyclic amines) is 1. The Bertz CT molecular complexity index is 825. The van der Waals surface area contributed by atoms with Crippen molar-refractivity contribution in [2.24, 2.45) is 0 Å². The van der Waals surface area contributed by atoms with Gasteiger partial charge < -0.3 is 5.11 Å². The molecule has 0 radical (unpaired) electrons. The van der Waals surface area contributed by atoms with Crippen molar-refractivity contribution in [2.45, 2.75) is 43.8 Å². The largest absolute Gasteiger partial charge is 0.490 e. The molecule has 2 aliphatic heterocycles. The first-order valence-corrected chi connectivity index (χ1v) is 10.8. The second kappa shape index (κ2) is 9.27. The van der Waals surface area contributed by atoms with Gasteiger partial charge in [-0.15, -0.1) is 6.58 Å². The summed E-state index contributed by atoms with van der Waals surface area (Å²) >= 11 is 0. The average Bonchev–Trinajstić information content (AvgIpc) is 3.20. The Balaban J connectivity index is 0.000000370. The van der Waals surface area contributed by atoms with E-state index in [1.165, 1.54) is 0 Å². The molecule has 2 saturated heterocycles. The van der Waals surface area contributed by atoms with E-state index in [4.69, 9.17) is 9.90 Å². The van der Waals surface area contributed by atoms with Gasteiger partial charge in [0.05, 0.1) is 5.75 Å². The number of aliphatic carboxylic acids is 1. The number of hydrogen-bond acceptors (Lipinski definition) is 4. The molecule has 2 aliphatic rings. The topological polar surface area (TPSA) is 77.9 Å². The van der Waals surface area contributed by atoms with Crippen LogP contribution < -0.4 is 0 Å². The molecule has 29 heavy (non-hydrogen) atoms. The fraction of sp³-hybridized carbons (Fsp3) is 0.526. The van der Waals surface area contributed by atoms with Crippen LogP contribution in [0.2, 0.25) is 0 Å². The summed E-state index contributed by atoms with van der Waals surface area (Å²) in [4.78, 5) is 11.3. The Morgan fingerprint density at radius 1 is 1.21 bits per heavy atom. The van der Waals surface area contributed by atoms with E-state index in [1.54, 1.807) is 4.31 Å². The van der Waals surface area contributed by atoms with Crippen LogP contribution in [0.3, 0.4) is 0 Å². The summed E-state index contributed by atoms with van der Waals surface area (Å²) in [5, 5.41) is 7.12. The first kappa shape index (κ1) is 23.4. The van der Waals surface area contributed by atoms with Crippen molar-refractivity contribution in [3.8, 4) is 0 Å². The molecule has 10 heteroatoms. The van der Waals surface area contributed by atoms with E-state index in [0.717, 1.165) is 37.1 Å². The van der Waals surface area contributed by atoms with Gasteiger partial charge in [-0.25, -0.2) is 13.2 Å². The van der Waals surface area contributed by atoms with E-state index in [1.807, 2.05) is 37.3 Å². The molecule has 2 heterocycles. The number of aryl methyl sites for hydroxylation is 1. The van der Waals surface area contributed by atoms with Gasteiger partial charge in [0.15, 0.2) is 0 Å². The molecule has 162 valence electrons. The van der Waals surface area contributed by atoms with Crippen molar-refractivity contribution in [1.29, 1.82) is 0 Å². The van der Waals surface area contributed by atoms with Gasteiger partial charge in [-0.1, -0.05) is 35.9 Å².